The van der Waals surface area contributed by atoms with E-state index in [4.69, 9.17) is 0 Å². The van der Waals surface area contributed by atoms with E-state index in [9.17, 15) is 16.8 Å². The Morgan fingerprint density at radius 3 is 2.50 bits per heavy atom. The number of hydrogen-bond donors (Lipinski definition) is 1. The Kier molecular flexibility index (Phi) is 4.82. The third-order valence-corrected chi connectivity index (χ3v) is 6.78. The van der Waals surface area contributed by atoms with Gasteiger partial charge in [0, 0.05) is 6.54 Å². The maximum absolute atomic E-state index is 11.9. The Labute approximate surface area is 120 Å². The second-order valence-corrected chi connectivity index (χ2v) is 9.12. The highest BCUT2D eigenvalue weighted by Gasteiger charge is 2.27. The van der Waals surface area contributed by atoms with E-state index in [1.54, 1.807) is 30.3 Å². The number of hydrogen-bond acceptors (Lipinski definition) is 4. The minimum absolute atomic E-state index is 0.182. The van der Waals surface area contributed by atoms with Crippen LogP contribution in [0.15, 0.2) is 35.2 Å². The summed E-state index contributed by atoms with van der Waals surface area (Å²) in [5, 5.41) is 0. The zero-order valence-electron chi connectivity index (χ0n) is 11.2. The normalized spacial score (nSPS) is 21.9. The molecule has 1 unspecified atom stereocenters. The van der Waals surface area contributed by atoms with Crippen molar-refractivity contribution < 1.29 is 16.8 Å². The van der Waals surface area contributed by atoms with Crippen molar-refractivity contribution in [2.75, 3.05) is 18.1 Å². The lowest BCUT2D eigenvalue weighted by Crippen LogP contribution is -2.25. The lowest BCUT2D eigenvalue weighted by atomic mass is 10.0. The molecule has 0 saturated carbocycles. The van der Waals surface area contributed by atoms with Gasteiger partial charge in [-0.05, 0) is 37.3 Å². The first kappa shape index (κ1) is 15.5. The van der Waals surface area contributed by atoms with Crippen LogP contribution in [0.3, 0.4) is 0 Å². The molecule has 0 spiro atoms. The molecule has 0 aliphatic carbocycles. The molecule has 1 aliphatic heterocycles. The Morgan fingerprint density at radius 1 is 1.20 bits per heavy atom. The highest BCUT2D eigenvalue weighted by molar-refractivity contribution is 7.91. The second kappa shape index (κ2) is 6.24. The Morgan fingerprint density at radius 2 is 1.90 bits per heavy atom. The molecule has 5 nitrogen and oxygen atoms in total. The van der Waals surface area contributed by atoms with E-state index in [0.717, 1.165) is 6.42 Å². The van der Waals surface area contributed by atoms with Crippen molar-refractivity contribution in [2.45, 2.75) is 24.2 Å². The smallest absolute Gasteiger partial charge is 0.229 e. The van der Waals surface area contributed by atoms with Gasteiger partial charge in [-0.1, -0.05) is 18.2 Å². The summed E-state index contributed by atoms with van der Waals surface area (Å²) in [6.07, 6.45) is 2.11. The monoisotopic (exact) mass is 317 g/mol. The topological polar surface area (TPSA) is 80.3 Å². The number of sulfonamides is 1. The molecule has 1 aromatic carbocycles. The zero-order valence-corrected chi connectivity index (χ0v) is 12.8. The van der Waals surface area contributed by atoms with Crippen LogP contribution in [-0.4, -0.2) is 34.9 Å². The fourth-order valence-corrected chi connectivity index (χ4v) is 5.39. The van der Waals surface area contributed by atoms with E-state index < -0.39 is 19.9 Å². The van der Waals surface area contributed by atoms with E-state index >= 15 is 0 Å². The summed E-state index contributed by atoms with van der Waals surface area (Å²) in [5.74, 6) is 0.701. The summed E-state index contributed by atoms with van der Waals surface area (Å²) in [4.78, 5) is 0.253. The van der Waals surface area contributed by atoms with Crippen molar-refractivity contribution in [1.29, 1.82) is 0 Å². The number of nitrogens with one attached hydrogen (secondary N) is 1. The number of sulfone groups is 1. The molecule has 1 saturated heterocycles. The maximum atomic E-state index is 11.9. The highest BCUT2D eigenvalue weighted by atomic mass is 32.2. The maximum Gasteiger partial charge on any atom is 0.240 e. The fraction of sp³-hybridized carbons (Fsp3) is 0.538. The van der Waals surface area contributed by atoms with Crippen LogP contribution in [0.1, 0.15) is 19.3 Å². The molecule has 0 aromatic heterocycles. The first-order chi connectivity index (χ1) is 9.39. The highest BCUT2D eigenvalue weighted by Crippen LogP contribution is 2.22. The van der Waals surface area contributed by atoms with Crippen LogP contribution in [0.4, 0.5) is 0 Å². The Bertz CT molecular complexity index is 638. The fourth-order valence-electron chi connectivity index (χ4n) is 2.38. The van der Waals surface area contributed by atoms with Gasteiger partial charge in [-0.15, -0.1) is 0 Å². The molecular weight excluding hydrogens is 298 g/mol. The molecule has 20 heavy (non-hydrogen) atoms. The van der Waals surface area contributed by atoms with Crippen LogP contribution in [0.2, 0.25) is 0 Å². The molecule has 0 bridgehead atoms. The first-order valence-electron chi connectivity index (χ1n) is 6.64. The lowest BCUT2D eigenvalue weighted by molar-refractivity contribution is 0.512. The van der Waals surface area contributed by atoms with Crippen molar-refractivity contribution in [3.8, 4) is 0 Å². The number of rotatable bonds is 6. The molecule has 1 aromatic rings. The molecule has 2 rings (SSSR count). The van der Waals surface area contributed by atoms with Crippen LogP contribution in [0, 0.1) is 5.92 Å². The van der Waals surface area contributed by atoms with Gasteiger partial charge >= 0.3 is 0 Å². The Hall–Kier alpha value is -0.920. The first-order valence-corrected chi connectivity index (χ1v) is 9.95. The van der Waals surface area contributed by atoms with Crippen LogP contribution in [0.25, 0.3) is 0 Å². The molecular formula is C13H19NO4S2. The molecule has 1 atom stereocenters. The predicted molar refractivity (Wildman–Crippen MR) is 77.6 cm³/mol. The molecule has 0 amide bonds. The molecule has 7 heteroatoms. The molecule has 1 fully saturated rings. The summed E-state index contributed by atoms with van der Waals surface area (Å²) < 4.78 is 49.0. The van der Waals surface area contributed by atoms with Gasteiger partial charge in [0.05, 0.1) is 16.4 Å². The van der Waals surface area contributed by atoms with Crippen LogP contribution < -0.4 is 4.72 Å². The average Bonchev–Trinajstić information content (AvgIpc) is 2.75. The van der Waals surface area contributed by atoms with Crippen molar-refractivity contribution in [3.63, 3.8) is 0 Å². The predicted octanol–water partition coefficient (Wildman–Crippen LogP) is 1.18. The third-order valence-electron chi connectivity index (χ3n) is 3.46. The molecule has 0 radical (unpaired) electrons. The summed E-state index contributed by atoms with van der Waals surface area (Å²) in [5.41, 5.74) is 0. The quantitative estimate of drug-likeness (QED) is 0.799. The average molecular weight is 317 g/mol. The Balaban J connectivity index is 1.77. The van der Waals surface area contributed by atoms with Crippen LogP contribution in [-0.2, 0) is 19.9 Å². The van der Waals surface area contributed by atoms with Crippen molar-refractivity contribution in [3.05, 3.63) is 30.3 Å². The molecule has 1 aliphatic rings. The SMILES string of the molecule is O=S1(=O)CCC(CCCNS(=O)(=O)c2ccccc2)C1. The lowest BCUT2D eigenvalue weighted by Gasteiger charge is -2.09. The van der Waals surface area contributed by atoms with Crippen LogP contribution in [0.5, 0.6) is 0 Å². The van der Waals surface area contributed by atoms with Gasteiger partial charge < -0.3 is 0 Å². The minimum atomic E-state index is -3.45. The van der Waals surface area contributed by atoms with E-state index in [0.29, 0.717) is 19.4 Å². The van der Waals surface area contributed by atoms with E-state index in [1.807, 2.05) is 0 Å². The third kappa shape index (κ3) is 4.29. The van der Waals surface area contributed by atoms with Gasteiger partial charge in [-0.25, -0.2) is 21.6 Å². The van der Waals surface area contributed by atoms with Gasteiger partial charge in [0.15, 0.2) is 9.84 Å². The summed E-state index contributed by atoms with van der Waals surface area (Å²) in [6, 6.07) is 8.22. The van der Waals surface area contributed by atoms with Crippen molar-refractivity contribution in [1.82, 2.24) is 4.72 Å². The molecule has 112 valence electrons. The number of benzene rings is 1. The minimum Gasteiger partial charge on any atom is -0.229 e. The van der Waals surface area contributed by atoms with E-state index in [-0.39, 0.29) is 22.3 Å². The summed E-state index contributed by atoms with van der Waals surface area (Å²) in [6.45, 7) is 0.341. The van der Waals surface area contributed by atoms with E-state index in [1.165, 1.54) is 0 Å². The van der Waals surface area contributed by atoms with Gasteiger partial charge in [0.1, 0.15) is 0 Å². The van der Waals surface area contributed by atoms with Crippen molar-refractivity contribution in [2.24, 2.45) is 5.92 Å². The van der Waals surface area contributed by atoms with Crippen LogP contribution >= 0.6 is 0 Å². The molecule has 1 N–H and O–H groups in total. The van der Waals surface area contributed by atoms with Gasteiger partial charge in [-0.3, -0.25) is 0 Å². The second-order valence-electron chi connectivity index (χ2n) is 5.12. The van der Waals surface area contributed by atoms with E-state index in [2.05, 4.69) is 4.72 Å². The molecule has 1 heterocycles. The summed E-state index contributed by atoms with van der Waals surface area (Å²) >= 11 is 0. The summed E-state index contributed by atoms with van der Waals surface area (Å²) in [7, 11) is -6.29. The van der Waals surface area contributed by atoms with Gasteiger partial charge in [0.2, 0.25) is 10.0 Å². The van der Waals surface area contributed by atoms with Gasteiger partial charge in [-0.2, -0.15) is 0 Å². The standard InChI is InChI=1S/C13H19NO4S2/c15-19(16)10-8-12(11-19)5-4-9-14-20(17,18)13-6-2-1-3-7-13/h1-3,6-7,12,14H,4-5,8-11H2. The largest absolute Gasteiger partial charge is 0.240 e. The zero-order chi connectivity index (χ0) is 14.6. The van der Waals surface area contributed by atoms with Crippen molar-refractivity contribution >= 4 is 19.9 Å². The van der Waals surface area contributed by atoms with Gasteiger partial charge in [0.25, 0.3) is 0 Å².